The van der Waals surface area contributed by atoms with E-state index in [0.717, 1.165) is 23.2 Å². The van der Waals surface area contributed by atoms with E-state index in [4.69, 9.17) is 14.2 Å². The van der Waals surface area contributed by atoms with Gasteiger partial charge in [-0.1, -0.05) is 18.2 Å². The molecule has 1 atom stereocenters. The van der Waals surface area contributed by atoms with E-state index in [0.29, 0.717) is 29.5 Å². The van der Waals surface area contributed by atoms with Crippen molar-refractivity contribution in [2.75, 3.05) is 20.2 Å². The highest BCUT2D eigenvalue weighted by molar-refractivity contribution is 9.10. The number of nitrogens with zero attached hydrogens (tertiary/aromatic N) is 3. The molecule has 1 unspecified atom stereocenters. The van der Waals surface area contributed by atoms with Gasteiger partial charge in [0.15, 0.2) is 23.0 Å². The summed E-state index contributed by atoms with van der Waals surface area (Å²) in [4.78, 5) is 19.1. The Morgan fingerprint density at radius 2 is 1.81 bits per heavy atom. The van der Waals surface area contributed by atoms with Crippen LogP contribution in [0, 0.1) is 11.6 Å². The van der Waals surface area contributed by atoms with Crippen LogP contribution in [-0.4, -0.2) is 54.2 Å². The molecule has 2 aliphatic rings. The van der Waals surface area contributed by atoms with Crippen LogP contribution in [0.15, 0.2) is 58.2 Å². The van der Waals surface area contributed by atoms with E-state index in [9.17, 15) is 13.2 Å². The fourth-order valence-electron chi connectivity index (χ4n) is 5.81. The summed E-state index contributed by atoms with van der Waals surface area (Å²) in [6, 6.07) is 9.97. The summed E-state index contributed by atoms with van der Waals surface area (Å²) in [5.74, 6) is -2.48. The highest BCUT2D eigenvalue weighted by Gasteiger charge is 2.50. The van der Waals surface area contributed by atoms with Gasteiger partial charge in [0.2, 0.25) is 0 Å². The number of rotatable bonds is 4. The van der Waals surface area contributed by atoms with E-state index in [1.807, 2.05) is 0 Å². The second-order valence-electron chi connectivity index (χ2n) is 11.5. The molecule has 6 rings (SSSR count). The molecule has 1 spiro atoms. The molecule has 0 radical (unpaired) electrons. The minimum atomic E-state index is -4.24. The lowest BCUT2D eigenvalue weighted by molar-refractivity contribution is -0.0320. The fraction of sp³-hybridized carbons (Fsp3) is 0.333. The zero-order chi connectivity index (χ0) is 30.9. The number of ether oxygens (including phenoxy) is 3. The van der Waals surface area contributed by atoms with Crippen molar-refractivity contribution in [1.82, 2.24) is 13.9 Å². The molecule has 2 aliphatic heterocycles. The number of methoxy groups -OCH3 is 1. The van der Waals surface area contributed by atoms with Crippen LogP contribution in [0.2, 0.25) is 0 Å². The summed E-state index contributed by atoms with van der Waals surface area (Å²) in [6.45, 7) is 5.94. The lowest BCUT2D eigenvalue weighted by atomic mass is 9.88. The average molecular weight is 677 g/mol. The van der Waals surface area contributed by atoms with Crippen molar-refractivity contribution >= 4 is 43.1 Å². The van der Waals surface area contributed by atoms with E-state index in [2.05, 4.69) is 20.9 Å². The number of pyridine rings is 1. The van der Waals surface area contributed by atoms with Crippen molar-refractivity contribution in [3.05, 3.63) is 76.0 Å². The Bertz CT molecular complexity index is 1870. The van der Waals surface area contributed by atoms with Gasteiger partial charge in [-0.05, 0) is 66.5 Å². The highest BCUT2D eigenvalue weighted by atomic mass is 79.9. The molecular weight excluding hydrogens is 648 g/mol. The number of halogens is 3. The van der Waals surface area contributed by atoms with Gasteiger partial charge in [-0.3, -0.25) is 0 Å². The minimum Gasteiger partial charge on any atom is -0.491 e. The van der Waals surface area contributed by atoms with Gasteiger partial charge < -0.3 is 19.1 Å². The molecule has 4 aromatic rings. The number of hydrogen-bond donors (Lipinski definition) is 0. The third kappa shape index (κ3) is 4.77. The van der Waals surface area contributed by atoms with Gasteiger partial charge >= 0.3 is 6.09 Å². The normalized spacial score (nSPS) is 18.4. The summed E-state index contributed by atoms with van der Waals surface area (Å²) in [5.41, 5.74) is -0.139. The second kappa shape index (κ2) is 10.3. The first-order valence-corrected chi connectivity index (χ1v) is 15.7. The van der Waals surface area contributed by atoms with Crippen molar-refractivity contribution in [2.45, 2.75) is 49.9 Å². The monoisotopic (exact) mass is 675 g/mol. The van der Waals surface area contributed by atoms with Crippen LogP contribution in [0.3, 0.4) is 0 Å². The van der Waals surface area contributed by atoms with Crippen LogP contribution in [-0.2, 0) is 31.7 Å². The van der Waals surface area contributed by atoms with Crippen molar-refractivity contribution in [3.8, 4) is 16.9 Å². The number of benzene rings is 2. The van der Waals surface area contributed by atoms with Gasteiger partial charge in [0.05, 0.1) is 25.2 Å². The number of amides is 1. The Kier molecular flexibility index (Phi) is 7.05. The van der Waals surface area contributed by atoms with Crippen LogP contribution in [0.1, 0.15) is 38.3 Å². The summed E-state index contributed by atoms with van der Waals surface area (Å²) in [5, 5.41) is 0.344. The van der Waals surface area contributed by atoms with E-state index in [1.54, 1.807) is 50.1 Å². The quantitative estimate of drug-likeness (QED) is 0.248. The van der Waals surface area contributed by atoms with Crippen molar-refractivity contribution < 1.29 is 36.2 Å². The number of aromatic nitrogens is 2. The average Bonchev–Trinajstić information content (AvgIpc) is 3.62. The maximum atomic E-state index is 15.1. The Hall–Kier alpha value is -3.55. The molecule has 0 bridgehead atoms. The zero-order valence-electron chi connectivity index (χ0n) is 23.8. The summed E-state index contributed by atoms with van der Waals surface area (Å²) in [7, 11) is -3.09. The number of carbonyl (C=O) groups excluding carboxylic acids is 1. The van der Waals surface area contributed by atoms with Crippen LogP contribution in [0.4, 0.5) is 13.6 Å². The van der Waals surface area contributed by atoms with Gasteiger partial charge in [0.25, 0.3) is 10.0 Å². The van der Waals surface area contributed by atoms with Gasteiger partial charge in [0.1, 0.15) is 15.8 Å². The molecular formula is C30H28BrF2N3O6S. The topological polar surface area (TPSA) is 100.0 Å². The molecule has 4 heterocycles. The molecule has 0 N–H and O–H groups in total. The van der Waals surface area contributed by atoms with Crippen LogP contribution >= 0.6 is 15.9 Å². The Morgan fingerprint density at radius 3 is 2.44 bits per heavy atom. The predicted octanol–water partition coefficient (Wildman–Crippen LogP) is 6.36. The highest BCUT2D eigenvalue weighted by Crippen LogP contribution is 2.51. The van der Waals surface area contributed by atoms with Crippen molar-refractivity contribution in [2.24, 2.45) is 0 Å². The lowest BCUT2D eigenvalue weighted by Gasteiger charge is -2.27. The molecule has 2 aromatic heterocycles. The first kappa shape index (κ1) is 29.5. The van der Waals surface area contributed by atoms with Crippen LogP contribution in [0.5, 0.6) is 5.75 Å². The third-order valence-electron chi connectivity index (χ3n) is 7.58. The van der Waals surface area contributed by atoms with Gasteiger partial charge in [0, 0.05) is 41.2 Å². The first-order valence-electron chi connectivity index (χ1n) is 13.5. The molecule has 43 heavy (non-hydrogen) atoms. The molecule has 1 fully saturated rings. The van der Waals surface area contributed by atoms with Crippen molar-refractivity contribution in [1.29, 1.82) is 0 Å². The van der Waals surface area contributed by atoms with Crippen molar-refractivity contribution in [3.63, 3.8) is 0 Å². The van der Waals surface area contributed by atoms with Gasteiger partial charge in [-0.25, -0.2) is 30.9 Å². The smallest absolute Gasteiger partial charge is 0.410 e. The second-order valence-corrected chi connectivity index (χ2v) is 14.1. The van der Waals surface area contributed by atoms with E-state index < -0.39 is 44.7 Å². The first-order chi connectivity index (χ1) is 20.3. The number of carbonyl (C=O) groups is 1. The number of likely N-dealkylation sites (tertiary alicyclic amines) is 1. The Labute approximate surface area is 255 Å². The maximum Gasteiger partial charge on any atom is 0.410 e. The molecule has 0 saturated carbocycles. The van der Waals surface area contributed by atoms with Gasteiger partial charge in [-0.2, -0.15) is 0 Å². The molecule has 13 heteroatoms. The summed E-state index contributed by atoms with van der Waals surface area (Å²) < 4.78 is 76.1. The predicted molar refractivity (Wildman–Crippen MR) is 157 cm³/mol. The molecule has 226 valence electrons. The summed E-state index contributed by atoms with van der Waals surface area (Å²) >= 11 is 3.46. The van der Waals surface area contributed by atoms with Gasteiger partial charge in [-0.15, -0.1) is 0 Å². The van der Waals surface area contributed by atoms with E-state index in [-0.39, 0.29) is 39.4 Å². The zero-order valence-corrected chi connectivity index (χ0v) is 26.2. The third-order valence-corrected chi connectivity index (χ3v) is 10.3. The van der Waals surface area contributed by atoms with E-state index >= 15 is 8.78 Å². The molecule has 1 amide bonds. The van der Waals surface area contributed by atoms with Crippen LogP contribution in [0.25, 0.3) is 22.2 Å². The largest absolute Gasteiger partial charge is 0.491 e. The minimum absolute atomic E-state index is 0.00327. The van der Waals surface area contributed by atoms with Crippen LogP contribution < -0.4 is 4.74 Å². The molecule has 0 aliphatic carbocycles. The molecule has 9 nitrogen and oxygen atoms in total. The number of hydrogen-bond acceptors (Lipinski definition) is 7. The fourth-order valence-corrected chi connectivity index (χ4v) is 8.36. The SMILES string of the molecule is COc1c(F)cc(-c2c(Br)n(S(=O)(=O)c3ccccc3)c3ncc4c(c23)C2(CCN(C(=O)OC(C)(C)C)C2)OC4)cc1F. The summed E-state index contributed by atoms with van der Waals surface area (Å²) in [6.07, 6.45) is 1.43. The Morgan fingerprint density at radius 1 is 1.14 bits per heavy atom. The molecule has 1 saturated heterocycles. The standard InChI is InChI=1S/C30H28BrF2N3O6S/c1-29(2,3)42-28(37)35-11-10-30(16-35)24-18(15-41-30)14-34-27-23(24)22(17-12-20(32)25(40-4)21(33)13-17)26(31)36(27)43(38,39)19-8-6-5-7-9-19/h5-9,12-14H,10-11,15-16H2,1-4H3. The lowest BCUT2D eigenvalue weighted by Crippen LogP contribution is -2.38. The van der Waals surface area contributed by atoms with E-state index in [1.165, 1.54) is 12.1 Å². The Balaban J connectivity index is 1.63. The maximum absolute atomic E-state index is 15.1. The molecule has 2 aromatic carbocycles. The number of fused-ring (bicyclic) bond motifs is 4.